The zero-order valence-electron chi connectivity index (χ0n) is 10.6. The lowest BCUT2D eigenvalue weighted by molar-refractivity contribution is 0.814. The van der Waals surface area contributed by atoms with Crippen LogP contribution in [-0.4, -0.2) is 19.9 Å². The number of halogens is 1. The van der Waals surface area contributed by atoms with Gasteiger partial charge in [-0.2, -0.15) is 0 Å². The van der Waals surface area contributed by atoms with Gasteiger partial charge in [-0.1, -0.05) is 13.3 Å². The number of aromatic nitrogens is 4. The Kier molecular flexibility index (Phi) is 4.55. The molecule has 0 atom stereocenters. The average molecular weight is 297 g/mol. The maximum atomic E-state index is 11.5. The highest BCUT2D eigenvalue weighted by atomic mass is 35.5. The number of hydrogen-bond acceptors (Lipinski definition) is 5. The van der Waals surface area contributed by atoms with Crippen LogP contribution in [0.3, 0.4) is 0 Å². The molecule has 0 aliphatic rings. The Morgan fingerprint density at radius 1 is 1.32 bits per heavy atom. The molecule has 0 fully saturated rings. The molecular formula is C12H13ClN4OS. The summed E-state index contributed by atoms with van der Waals surface area (Å²) in [6, 6.07) is 3.31. The summed E-state index contributed by atoms with van der Waals surface area (Å²) in [7, 11) is 0. The van der Waals surface area contributed by atoms with Gasteiger partial charge in [0.1, 0.15) is 5.03 Å². The van der Waals surface area contributed by atoms with Gasteiger partial charge >= 0.3 is 0 Å². The largest absolute Gasteiger partial charge is 0.301 e. The van der Waals surface area contributed by atoms with Gasteiger partial charge in [0, 0.05) is 17.5 Å². The predicted octanol–water partition coefficient (Wildman–Crippen LogP) is 2.63. The van der Waals surface area contributed by atoms with Crippen molar-refractivity contribution >= 4 is 23.4 Å². The fourth-order valence-corrected chi connectivity index (χ4v) is 2.72. The number of aryl methyl sites for hydroxylation is 2. The van der Waals surface area contributed by atoms with Crippen LogP contribution in [0.2, 0.25) is 5.28 Å². The summed E-state index contributed by atoms with van der Waals surface area (Å²) in [5.41, 5.74) is 1.40. The minimum Gasteiger partial charge on any atom is -0.301 e. The summed E-state index contributed by atoms with van der Waals surface area (Å²) >= 11 is 7.07. The monoisotopic (exact) mass is 296 g/mol. The molecule has 0 aliphatic heterocycles. The van der Waals surface area contributed by atoms with Gasteiger partial charge in [0.2, 0.25) is 5.28 Å². The minimum absolute atomic E-state index is 0.155. The second-order valence-electron chi connectivity index (χ2n) is 4.01. The van der Waals surface area contributed by atoms with Crippen molar-refractivity contribution in [3.63, 3.8) is 0 Å². The zero-order valence-corrected chi connectivity index (χ0v) is 12.2. The highest BCUT2D eigenvalue weighted by Crippen LogP contribution is 2.23. The summed E-state index contributed by atoms with van der Waals surface area (Å²) in [5.74, 6) is 0. The van der Waals surface area contributed by atoms with Crippen molar-refractivity contribution < 1.29 is 0 Å². The summed E-state index contributed by atoms with van der Waals surface area (Å²) in [6.45, 7) is 3.88. The molecule has 19 heavy (non-hydrogen) atoms. The van der Waals surface area contributed by atoms with E-state index in [1.807, 2.05) is 13.8 Å². The van der Waals surface area contributed by atoms with Crippen molar-refractivity contribution in [3.8, 4) is 0 Å². The molecule has 0 saturated carbocycles. The first-order valence-electron chi connectivity index (χ1n) is 5.86. The van der Waals surface area contributed by atoms with E-state index in [0.717, 1.165) is 24.2 Å². The molecule has 0 aliphatic carbocycles. The molecule has 0 unspecified atom stereocenters. The van der Waals surface area contributed by atoms with Gasteiger partial charge in [0.05, 0.1) is 0 Å². The Morgan fingerprint density at radius 3 is 2.79 bits per heavy atom. The quantitative estimate of drug-likeness (QED) is 0.693. The van der Waals surface area contributed by atoms with Gasteiger partial charge < -0.3 is 4.98 Å². The second-order valence-corrected chi connectivity index (χ2v) is 5.36. The molecule has 1 N–H and O–H groups in total. The molecule has 5 nitrogen and oxygen atoms in total. The zero-order chi connectivity index (χ0) is 13.8. The smallest absolute Gasteiger partial charge is 0.251 e. The molecule has 2 heterocycles. The normalized spacial score (nSPS) is 10.7. The van der Waals surface area contributed by atoms with Crippen LogP contribution in [0.5, 0.6) is 0 Å². The van der Waals surface area contributed by atoms with Crippen LogP contribution >= 0.6 is 23.4 Å². The average Bonchev–Trinajstić information content (AvgIpc) is 2.26. The first-order valence-corrected chi connectivity index (χ1v) is 7.05. The fourth-order valence-electron chi connectivity index (χ4n) is 1.57. The highest BCUT2D eigenvalue weighted by Gasteiger charge is 2.06. The third kappa shape index (κ3) is 4.04. The van der Waals surface area contributed by atoms with Gasteiger partial charge in [-0.15, -0.1) is 0 Å². The molecule has 7 heteroatoms. The molecule has 0 saturated heterocycles. The Morgan fingerprint density at radius 2 is 2.11 bits per heavy atom. The van der Waals surface area contributed by atoms with Crippen LogP contribution in [0.1, 0.15) is 24.7 Å². The van der Waals surface area contributed by atoms with Crippen LogP contribution in [-0.2, 0) is 6.42 Å². The number of hydrogen-bond donors (Lipinski definition) is 1. The first-order chi connectivity index (χ1) is 9.06. The van der Waals surface area contributed by atoms with E-state index in [1.165, 1.54) is 17.8 Å². The molecule has 2 aromatic rings. The predicted molar refractivity (Wildman–Crippen MR) is 74.8 cm³/mol. The van der Waals surface area contributed by atoms with Crippen LogP contribution in [0.15, 0.2) is 27.1 Å². The van der Waals surface area contributed by atoms with Crippen molar-refractivity contribution in [1.29, 1.82) is 0 Å². The Hall–Kier alpha value is -1.40. The van der Waals surface area contributed by atoms with E-state index in [1.54, 1.807) is 6.07 Å². The Bertz CT molecular complexity index is 624. The third-order valence-electron chi connectivity index (χ3n) is 2.28. The third-order valence-corrected chi connectivity index (χ3v) is 3.26. The lowest BCUT2D eigenvalue weighted by Crippen LogP contribution is -2.10. The summed E-state index contributed by atoms with van der Waals surface area (Å²) in [5, 5.41) is 1.37. The Labute approximate surface area is 119 Å². The van der Waals surface area contributed by atoms with Crippen molar-refractivity contribution in [2.24, 2.45) is 0 Å². The van der Waals surface area contributed by atoms with Crippen LogP contribution in [0.25, 0.3) is 0 Å². The minimum atomic E-state index is -0.155. The molecule has 0 aromatic carbocycles. The highest BCUT2D eigenvalue weighted by molar-refractivity contribution is 7.99. The molecular weight excluding hydrogens is 284 g/mol. The molecule has 0 amide bonds. The van der Waals surface area contributed by atoms with E-state index in [9.17, 15) is 4.79 Å². The van der Waals surface area contributed by atoms with E-state index in [2.05, 4.69) is 19.9 Å². The van der Waals surface area contributed by atoms with E-state index in [-0.39, 0.29) is 10.8 Å². The van der Waals surface area contributed by atoms with E-state index >= 15 is 0 Å². The first kappa shape index (κ1) is 14.0. The van der Waals surface area contributed by atoms with Crippen molar-refractivity contribution in [1.82, 2.24) is 19.9 Å². The summed E-state index contributed by atoms with van der Waals surface area (Å²) < 4.78 is 0. The van der Waals surface area contributed by atoms with Gasteiger partial charge in [-0.25, -0.2) is 15.0 Å². The van der Waals surface area contributed by atoms with E-state index < -0.39 is 0 Å². The molecule has 100 valence electrons. The van der Waals surface area contributed by atoms with E-state index in [4.69, 9.17) is 11.6 Å². The summed E-state index contributed by atoms with van der Waals surface area (Å²) in [6.07, 6.45) is 1.72. The maximum Gasteiger partial charge on any atom is 0.251 e. The maximum absolute atomic E-state index is 11.5. The van der Waals surface area contributed by atoms with Gasteiger partial charge in [0.15, 0.2) is 5.16 Å². The summed E-state index contributed by atoms with van der Waals surface area (Å²) in [4.78, 5) is 26.7. The van der Waals surface area contributed by atoms with Gasteiger partial charge in [-0.05, 0) is 42.8 Å². The van der Waals surface area contributed by atoms with Gasteiger partial charge in [0.25, 0.3) is 5.56 Å². The second kappa shape index (κ2) is 6.16. The van der Waals surface area contributed by atoms with Crippen molar-refractivity contribution in [3.05, 3.63) is 39.2 Å². The Balaban J connectivity index is 2.29. The number of H-pyrrole nitrogens is 1. The number of nitrogens with one attached hydrogen (secondary N) is 1. The number of nitrogens with zero attached hydrogens (tertiary/aromatic N) is 3. The molecule has 0 bridgehead atoms. The van der Waals surface area contributed by atoms with Crippen LogP contribution in [0.4, 0.5) is 0 Å². The van der Waals surface area contributed by atoms with Gasteiger partial charge in [-0.3, -0.25) is 4.79 Å². The molecule has 0 spiro atoms. The van der Waals surface area contributed by atoms with E-state index in [0.29, 0.717) is 10.2 Å². The molecule has 2 aromatic heterocycles. The van der Waals surface area contributed by atoms with Crippen LogP contribution in [0, 0.1) is 6.92 Å². The van der Waals surface area contributed by atoms with Crippen LogP contribution < -0.4 is 5.56 Å². The standard InChI is InChI=1S/C12H13ClN4OS/c1-3-4-8-6-9(18)16-12(15-8)19-10-5-7(2)14-11(13)17-10/h5-6H,3-4H2,1-2H3,(H,15,16,18). The topological polar surface area (TPSA) is 71.5 Å². The lowest BCUT2D eigenvalue weighted by atomic mass is 10.2. The molecule has 2 rings (SSSR count). The molecule has 0 radical (unpaired) electrons. The fraction of sp³-hybridized carbons (Fsp3) is 0.333. The number of rotatable bonds is 4. The lowest BCUT2D eigenvalue weighted by Gasteiger charge is -2.03. The van der Waals surface area contributed by atoms with Crippen molar-refractivity contribution in [2.45, 2.75) is 36.9 Å². The number of aromatic amines is 1. The van der Waals surface area contributed by atoms with Crippen molar-refractivity contribution in [2.75, 3.05) is 0 Å². The SMILES string of the molecule is CCCc1cc(=O)[nH]c(Sc2cc(C)nc(Cl)n2)n1.